The highest BCUT2D eigenvalue weighted by atomic mass is 35.5. The molecule has 0 bridgehead atoms. The fraction of sp³-hybridized carbons (Fsp3) is 0.200. The summed E-state index contributed by atoms with van der Waals surface area (Å²) in [4.78, 5) is 2.26. The van der Waals surface area contributed by atoms with Crippen molar-refractivity contribution < 1.29 is 4.74 Å². The lowest BCUT2D eigenvalue weighted by atomic mass is 10.1. The van der Waals surface area contributed by atoms with Gasteiger partial charge >= 0.3 is 0 Å². The zero-order chi connectivity index (χ0) is 16.1. The molecular weight excluding hydrogens is 306 g/mol. The van der Waals surface area contributed by atoms with Crippen molar-refractivity contribution in [3.8, 4) is 5.75 Å². The van der Waals surface area contributed by atoms with Gasteiger partial charge in [0.1, 0.15) is 12.4 Å². The van der Waals surface area contributed by atoms with E-state index in [2.05, 4.69) is 36.1 Å². The van der Waals surface area contributed by atoms with Gasteiger partial charge in [-0.05, 0) is 36.6 Å². The van der Waals surface area contributed by atoms with Crippen LogP contribution in [0.25, 0.3) is 10.8 Å². The summed E-state index contributed by atoms with van der Waals surface area (Å²) in [5.41, 5.74) is 1.13. The second-order valence-electron chi connectivity index (χ2n) is 5.39. The van der Waals surface area contributed by atoms with Gasteiger partial charge in [0, 0.05) is 22.6 Å². The molecular formula is C20H20ClNO. The number of anilines is 1. The van der Waals surface area contributed by atoms with Gasteiger partial charge in [-0.25, -0.2) is 0 Å². The Kier molecular flexibility index (Phi) is 5.04. The fourth-order valence-electron chi connectivity index (χ4n) is 2.73. The number of ether oxygens (including phenoxy) is 1. The first-order chi connectivity index (χ1) is 11.3. The average Bonchev–Trinajstić information content (AvgIpc) is 2.59. The third-order valence-electron chi connectivity index (χ3n) is 3.92. The summed E-state index contributed by atoms with van der Waals surface area (Å²) >= 11 is 6.08. The number of hydrogen-bond acceptors (Lipinski definition) is 2. The van der Waals surface area contributed by atoms with Gasteiger partial charge in [0.2, 0.25) is 0 Å². The van der Waals surface area contributed by atoms with Crippen LogP contribution < -0.4 is 9.64 Å². The Bertz CT molecular complexity index is 782. The van der Waals surface area contributed by atoms with Crippen molar-refractivity contribution in [1.82, 2.24) is 0 Å². The Labute approximate surface area is 142 Å². The van der Waals surface area contributed by atoms with Crippen LogP contribution in [-0.4, -0.2) is 19.7 Å². The van der Waals surface area contributed by atoms with E-state index < -0.39 is 0 Å². The molecule has 3 rings (SSSR count). The summed E-state index contributed by atoms with van der Waals surface area (Å²) < 4.78 is 6.03. The molecule has 3 aromatic carbocycles. The number of hydrogen-bond donors (Lipinski definition) is 0. The maximum absolute atomic E-state index is 6.08. The number of benzene rings is 3. The Hall–Kier alpha value is -2.19. The van der Waals surface area contributed by atoms with Gasteiger partial charge in [-0.2, -0.15) is 0 Å². The van der Waals surface area contributed by atoms with Gasteiger partial charge in [0.25, 0.3) is 0 Å². The van der Waals surface area contributed by atoms with Gasteiger partial charge in [-0.15, -0.1) is 0 Å². The predicted molar refractivity (Wildman–Crippen MR) is 98.8 cm³/mol. The SMILES string of the molecule is CCN(CCOc1cccc2ccccc12)c1cccc(Cl)c1. The molecule has 118 valence electrons. The molecule has 0 aliphatic heterocycles. The lowest BCUT2D eigenvalue weighted by Crippen LogP contribution is -2.28. The first kappa shape index (κ1) is 15.7. The third-order valence-corrected chi connectivity index (χ3v) is 4.16. The first-order valence-electron chi connectivity index (χ1n) is 7.89. The standard InChI is InChI=1S/C20H20ClNO/c1-2-22(18-10-6-9-17(21)15-18)13-14-23-20-12-5-8-16-7-3-4-11-19(16)20/h3-12,15H,2,13-14H2,1H3. The highest BCUT2D eigenvalue weighted by molar-refractivity contribution is 6.30. The van der Waals surface area contributed by atoms with Crippen LogP contribution in [0.2, 0.25) is 5.02 Å². The van der Waals surface area contributed by atoms with Gasteiger partial charge in [-0.3, -0.25) is 0 Å². The summed E-state index contributed by atoms with van der Waals surface area (Å²) in [7, 11) is 0. The number of halogens is 1. The smallest absolute Gasteiger partial charge is 0.127 e. The molecule has 2 nitrogen and oxygen atoms in total. The maximum Gasteiger partial charge on any atom is 0.127 e. The Morgan fingerprint density at radius 1 is 0.957 bits per heavy atom. The molecule has 0 atom stereocenters. The third kappa shape index (κ3) is 3.77. The van der Waals surface area contributed by atoms with Crippen LogP contribution in [0.1, 0.15) is 6.92 Å². The molecule has 0 saturated carbocycles. The van der Waals surface area contributed by atoms with E-state index in [9.17, 15) is 0 Å². The van der Waals surface area contributed by atoms with Gasteiger partial charge in [0.05, 0.1) is 6.54 Å². The van der Waals surface area contributed by atoms with E-state index >= 15 is 0 Å². The van der Waals surface area contributed by atoms with E-state index in [-0.39, 0.29) is 0 Å². The van der Waals surface area contributed by atoms with Crippen LogP contribution >= 0.6 is 11.6 Å². The minimum atomic E-state index is 0.633. The van der Waals surface area contributed by atoms with Crippen molar-refractivity contribution in [2.75, 3.05) is 24.6 Å². The maximum atomic E-state index is 6.08. The second kappa shape index (κ2) is 7.38. The predicted octanol–water partition coefficient (Wildman–Crippen LogP) is 5.40. The van der Waals surface area contributed by atoms with Crippen molar-refractivity contribution in [2.45, 2.75) is 6.92 Å². The van der Waals surface area contributed by atoms with Crippen LogP contribution in [0.5, 0.6) is 5.75 Å². The van der Waals surface area contributed by atoms with Crippen LogP contribution in [0.3, 0.4) is 0 Å². The van der Waals surface area contributed by atoms with Crippen molar-refractivity contribution in [2.24, 2.45) is 0 Å². The molecule has 0 saturated heterocycles. The van der Waals surface area contributed by atoms with E-state index in [0.717, 1.165) is 34.9 Å². The molecule has 0 heterocycles. The summed E-state index contributed by atoms with van der Waals surface area (Å²) in [5.74, 6) is 0.935. The van der Waals surface area contributed by atoms with Gasteiger partial charge in [-0.1, -0.05) is 54.1 Å². The molecule has 0 aromatic heterocycles. The molecule has 0 aliphatic carbocycles. The van der Waals surface area contributed by atoms with Gasteiger partial charge in [0.15, 0.2) is 0 Å². The molecule has 0 spiro atoms. The molecule has 0 fully saturated rings. The number of fused-ring (bicyclic) bond motifs is 1. The van der Waals surface area contributed by atoms with Crippen molar-refractivity contribution in [3.63, 3.8) is 0 Å². The van der Waals surface area contributed by atoms with E-state index in [4.69, 9.17) is 16.3 Å². The number of rotatable bonds is 6. The average molecular weight is 326 g/mol. The fourth-order valence-corrected chi connectivity index (χ4v) is 2.91. The molecule has 0 unspecified atom stereocenters. The highest BCUT2D eigenvalue weighted by Gasteiger charge is 2.06. The Balaban J connectivity index is 1.68. The molecule has 3 aromatic rings. The minimum absolute atomic E-state index is 0.633. The second-order valence-corrected chi connectivity index (χ2v) is 5.82. The molecule has 0 radical (unpaired) electrons. The number of nitrogens with zero attached hydrogens (tertiary/aromatic N) is 1. The molecule has 23 heavy (non-hydrogen) atoms. The quantitative estimate of drug-likeness (QED) is 0.601. The van der Waals surface area contributed by atoms with E-state index in [1.54, 1.807) is 0 Å². The van der Waals surface area contributed by atoms with Gasteiger partial charge < -0.3 is 9.64 Å². The van der Waals surface area contributed by atoms with Crippen molar-refractivity contribution in [3.05, 3.63) is 71.8 Å². The molecule has 0 N–H and O–H groups in total. The Morgan fingerprint density at radius 2 is 1.74 bits per heavy atom. The zero-order valence-electron chi connectivity index (χ0n) is 13.2. The summed E-state index contributed by atoms with van der Waals surface area (Å²) in [5, 5.41) is 3.11. The van der Waals surface area contributed by atoms with Crippen molar-refractivity contribution in [1.29, 1.82) is 0 Å². The van der Waals surface area contributed by atoms with Crippen molar-refractivity contribution >= 4 is 28.1 Å². The van der Waals surface area contributed by atoms with E-state index in [0.29, 0.717) is 6.61 Å². The summed E-state index contributed by atoms with van der Waals surface area (Å²) in [6, 6.07) is 22.4. The minimum Gasteiger partial charge on any atom is -0.491 e. The first-order valence-corrected chi connectivity index (χ1v) is 8.27. The molecule has 3 heteroatoms. The molecule has 0 aliphatic rings. The monoisotopic (exact) mass is 325 g/mol. The summed E-state index contributed by atoms with van der Waals surface area (Å²) in [6.07, 6.45) is 0. The molecule has 0 amide bonds. The van der Waals surface area contributed by atoms with Crippen LogP contribution in [0.4, 0.5) is 5.69 Å². The zero-order valence-corrected chi connectivity index (χ0v) is 14.0. The lowest BCUT2D eigenvalue weighted by Gasteiger charge is -2.23. The lowest BCUT2D eigenvalue weighted by molar-refractivity contribution is 0.328. The largest absolute Gasteiger partial charge is 0.491 e. The van der Waals surface area contributed by atoms with Crippen LogP contribution in [-0.2, 0) is 0 Å². The van der Waals surface area contributed by atoms with Crippen LogP contribution in [0.15, 0.2) is 66.7 Å². The van der Waals surface area contributed by atoms with Crippen LogP contribution in [0, 0.1) is 0 Å². The topological polar surface area (TPSA) is 12.5 Å². The Morgan fingerprint density at radius 3 is 2.57 bits per heavy atom. The van der Waals surface area contributed by atoms with E-state index in [1.165, 1.54) is 5.39 Å². The normalized spacial score (nSPS) is 10.7. The summed E-state index contributed by atoms with van der Waals surface area (Å²) in [6.45, 7) is 4.51. The van der Waals surface area contributed by atoms with E-state index in [1.807, 2.05) is 42.5 Å². The highest BCUT2D eigenvalue weighted by Crippen LogP contribution is 2.25. The number of likely N-dealkylation sites (N-methyl/N-ethyl adjacent to an activating group) is 1.